The van der Waals surface area contributed by atoms with E-state index in [-0.39, 0.29) is 6.10 Å². The lowest BCUT2D eigenvalue weighted by Gasteiger charge is -2.23. The lowest BCUT2D eigenvalue weighted by Crippen LogP contribution is -2.41. The number of rotatable bonds is 8. The van der Waals surface area contributed by atoms with Gasteiger partial charge in [0, 0.05) is 52.1 Å². The Hall–Kier alpha value is -1.93. The molecule has 2 unspecified atom stereocenters. The van der Waals surface area contributed by atoms with Gasteiger partial charge >= 0.3 is 0 Å². The van der Waals surface area contributed by atoms with E-state index in [0.717, 1.165) is 29.8 Å². The molecule has 7 nitrogen and oxygen atoms in total. The molecule has 2 heterocycles. The molecule has 0 bridgehead atoms. The van der Waals surface area contributed by atoms with Crippen LogP contribution in [0.4, 0.5) is 0 Å². The highest BCUT2D eigenvalue weighted by atomic mass is 32.1. The summed E-state index contributed by atoms with van der Waals surface area (Å²) in [5, 5.41) is 10.8. The molecule has 0 radical (unpaired) electrons. The third-order valence-corrected chi connectivity index (χ3v) is 4.96. The number of hydrogen-bond acceptors (Lipinski definition) is 5. The van der Waals surface area contributed by atoms with Gasteiger partial charge in [-0.25, -0.2) is 4.98 Å². The highest BCUT2D eigenvalue weighted by Crippen LogP contribution is 2.20. The first-order chi connectivity index (χ1) is 12.0. The fourth-order valence-corrected chi connectivity index (χ4v) is 3.29. The number of aliphatic imine (C=N–C) groups is 1. The topological polar surface area (TPSA) is 67.6 Å². The standard InChI is InChI=1S/C17H28N6OS/c1-13(10-23-8-6-7-20-23)9-19-17(18-3)22(4)11-15-12-25-16(21-15)14(2)24-5/h6-8,12-14H,9-11H2,1-5H3,(H,18,19). The molecular weight excluding hydrogens is 336 g/mol. The Bertz CT molecular complexity index is 654. The Labute approximate surface area is 153 Å². The molecule has 0 amide bonds. The van der Waals surface area contributed by atoms with Crippen LogP contribution < -0.4 is 5.32 Å². The van der Waals surface area contributed by atoms with Gasteiger partial charge < -0.3 is 15.0 Å². The van der Waals surface area contributed by atoms with Crippen molar-refractivity contribution in [3.05, 3.63) is 34.5 Å². The molecule has 2 aromatic rings. The number of nitrogens with zero attached hydrogens (tertiary/aromatic N) is 5. The van der Waals surface area contributed by atoms with Crippen molar-refractivity contribution < 1.29 is 4.74 Å². The summed E-state index contributed by atoms with van der Waals surface area (Å²) in [6.07, 6.45) is 3.82. The van der Waals surface area contributed by atoms with E-state index in [4.69, 9.17) is 4.74 Å². The SMILES string of the molecule is CN=C(NCC(C)Cn1cccn1)N(C)Cc1csc(C(C)OC)n1. The van der Waals surface area contributed by atoms with Gasteiger partial charge in [0.25, 0.3) is 0 Å². The first kappa shape index (κ1) is 19.4. The predicted octanol–water partition coefficient (Wildman–Crippen LogP) is 2.39. The van der Waals surface area contributed by atoms with Crippen LogP contribution in [-0.2, 0) is 17.8 Å². The highest BCUT2D eigenvalue weighted by molar-refractivity contribution is 7.09. The summed E-state index contributed by atoms with van der Waals surface area (Å²) in [5.41, 5.74) is 1.03. The first-order valence-corrected chi connectivity index (χ1v) is 9.27. The van der Waals surface area contributed by atoms with Gasteiger partial charge in [-0.2, -0.15) is 5.10 Å². The number of hydrogen-bond donors (Lipinski definition) is 1. The summed E-state index contributed by atoms with van der Waals surface area (Å²) in [6.45, 7) is 6.62. The second-order valence-electron chi connectivity index (χ2n) is 6.17. The highest BCUT2D eigenvalue weighted by Gasteiger charge is 2.13. The Kier molecular flexibility index (Phi) is 7.39. The van der Waals surface area contributed by atoms with E-state index in [2.05, 4.69) is 37.6 Å². The minimum atomic E-state index is 0.0321. The zero-order valence-corrected chi connectivity index (χ0v) is 16.5. The summed E-state index contributed by atoms with van der Waals surface area (Å²) >= 11 is 1.63. The molecule has 0 spiro atoms. The van der Waals surface area contributed by atoms with Crippen LogP contribution in [0, 0.1) is 5.92 Å². The van der Waals surface area contributed by atoms with Gasteiger partial charge in [0.2, 0.25) is 0 Å². The molecule has 138 valence electrons. The van der Waals surface area contributed by atoms with Gasteiger partial charge in [-0.15, -0.1) is 11.3 Å². The van der Waals surface area contributed by atoms with Gasteiger partial charge in [0.1, 0.15) is 11.1 Å². The number of ether oxygens (including phenoxy) is 1. The monoisotopic (exact) mass is 364 g/mol. The van der Waals surface area contributed by atoms with Crippen molar-refractivity contribution in [1.29, 1.82) is 0 Å². The maximum atomic E-state index is 5.32. The van der Waals surface area contributed by atoms with E-state index < -0.39 is 0 Å². The molecule has 0 saturated carbocycles. The van der Waals surface area contributed by atoms with E-state index in [0.29, 0.717) is 12.5 Å². The minimum Gasteiger partial charge on any atom is -0.375 e. The van der Waals surface area contributed by atoms with Crippen molar-refractivity contribution in [2.75, 3.05) is 27.7 Å². The molecular formula is C17H28N6OS. The molecule has 2 aromatic heterocycles. The van der Waals surface area contributed by atoms with Crippen molar-refractivity contribution in [1.82, 2.24) is 25.0 Å². The van der Waals surface area contributed by atoms with Crippen LogP contribution in [0.5, 0.6) is 0 Å². The van der Waals surface area contributed by atoms with Gasteiger partial charge in [0.05, 0.1) is 12.2 Å². The fraction of sp³-hybridized carbons (Fsp3) is 0.588. The Morgan fingerprint density at radius 3 is 2.92 bits per heavy atom. The fourth-order valence-electron chi connectivity index (χ4n) is 2.44. The van der Waals surface area contributed by atoms with Crippen molar-refractivity contribution in [3.8, 4) is 0 Å². The molecule has 0 aromatic carbocycles. The van der Waals surface area contributed by atoms with Crippen LogP contribution in [0.25, 0.3) is 0 Å². The maximum Gasteiger partial charge on any atom is 0.193 e. The van der Waals surface area contributed by atoms with Crippen molar-refractivity contribution >= 4 is 17.3 Å². The second kappa shape index (κ2) is 9.53. The zero-order valence-electron chi connectivity index (χ0n) is 15.6. The van der Waals surface area contributed by atoms with Crippen LogP contribution in [0.1, 0.15) is 30.7 Å². The summed E-state index contributed by atoms with van der Waals surface area (Å²) in [7, 11) is 5.52. The average molecular weight is 365 g/mol. The van der Waals surface area contributed by atoms with E-state index in [1.54, 1.807) is 31.7 Å². The zero-order chi connectivity index (χ0) is 18.2. The molecule has 2 rings (SSSR count). The Balaban J connectivity index is 1.84. The predicted molar refractivity (Wildman–Crippen MR) is 102 cm³/mol. The molecule has 0 aliphatic heterocycles. The normalized spacial score (nSPS) is 14.4. The van der Waals surface area contributed by atoms with E-state index >= 15 is 0 Å². The molecule has 2 atom stereocenters. The van der Waals surface area contributed by atoms with Crippen molar-refractivity contribution in [2.45, 2.75) is 33.0 Å². The van der Waals surface area contributed by atoms with Crippen molar-refractivity contribution in [3.63, 3.8) is 0 Å². The van der Waals surface area contributed by atoms with E-state index in [9.17, 15) is 0 Å². The van der Waals surface area contributed by atoms with Gasteiger partial charge in [-0.05, 0) is 18.9 Å². The number of guanidine groups is 1. The van der Waals surface area contributed by atoms with Crippen LogP contribution in [0.3, 0.4) is 0 Å². The molecule has 0 fully saturated rings. The first-order valence-electron chi connectivity index (χ1n) is 8.39. The molecule has 8 heteroatoms. The number of nitrogens with one attached hydrogen (secondary N) is 1. The molecule has 25 heavy (non-hydrogen) atoms. The van der Waals surface area contributed by atoms with Gasteiger partial charge in [-0.1, -0.05) is 6.92 Å². The van der Waals surface area contributed by atoms with E-state index in [1.165, 1.54) is 0 Å². The van der Waals surface area contributed by atoms with E-state index in [1.807, 2.05) is 30.9 Å². The maximum absolute atomic E-state index is 5.32. The lowest BCUT2D eigenvalue weighted by atomic mass is 10.2. The second-order valence-corrected chi connectivity index (χ2v) is 7.06. The molecule has 0 aliphatic rings. The smallest absolute Gasteiger partial charge is 0.193 e. The molecule has 0 aliphatic carbocycles. The molecule has 0 saturated heterocycles. The third-order valence-electron chi connectivity index (χ3n) is 3.91. The van der Waals surface area contributed by atoms with Crippen LogP contribution in [0.2, 0.25) is 0 Å². The van der Waals surface area contributed by atoms with Crippen LogP contribution in [-0.4, -0.2) is 53.4 Å². The quantitative estimate of drug-likeness (QED) is 0.575. The third kappa shape index (κ3) is 5.82. The lowest BCUT2D eigenvalue weighted by molar-refractivity contribution is 0.119. The minimum absolute atomic E-state index is 0.0321. The van der Waals surface area contributed by atoms with Crippen molar-refractivity contribution in [2.24, 2.45) is 10.9 Å². The van der Waals surface area contributed by atoms with Crippen LogP contribution >= 0.6 is 11.3 Å². The summed E-state index contributed by atoms with van der Waals surface area (Å²) in [6, 6.07) is 1.94. The summed E-state index contributed by atoms with van der Waals surface area (Å²) in [4.78, 5) is 11.1. The number of aromatic nitrogens is 3. The van der Waals surface area contributed by atoms with Crippen LogP contribution in [0.15, 0.2) is 28.8 Å². The average Bonchev–Trinajstić information content (AvgIpc) is 3.26. The Morgan fingerprint density at radius 2 is 2.28 bits per heavy atom. The largest absolute Gasteiger partial charge is 0.375 e. The van der Waals surface area contributed by atoms with Gasteiger partial charge in [-0.3, -0.25) is 9.67 Å². The number of thiazole rings is 1. The Morgan fingerprint density at radius 1 is 1.48 bits per heavy atom. The summed E-state index contributed by atoms with van der Waals surface area (Å²) in [5.74, 6) is 1.31. The number of methoxy groups -OCH3 is 1. The molecule has 1 N–H and O–H groups in total. The summed E-state index contributed by atoms with van der Waals surface area (Å²) < 4.78 is 7.27. The van der Waals surface area contributed by atoms with Gasteiger partial charge in [0.15, 0.2) is 5.96 Å².